The summed E-state index contributed by atoms with van der Waals surface area (Å²) in [7, 11) is 0. The van der Waals surface area contributed by atoms with Gasteiger partial charge in [0.1, 0.15) is 0 Å². The highest BCUT2D eigenvalue weighted by molar-refractivity contribution is 5.73. The number of piperidine rings is 1. The van der Waals surface area contributed by atoms with Gasteiger partial charge in [0, 0.05) is 25.6 Å². The number of carbonyl (C=O) groups excluding carboxylic acids is 1. The first-order valence-electron chi connectivity index (χ1n) is 6.84. The van der Waals surface area contributed by atoms with Gasteiger partial charge in [-0.25, -0.2) is 0 Å². The number of carbonyl (C=O) groups is 1. The van der Waals surface area contributed by atoms with Crippen LogP contribution in [0.3, 0.4) is 0 Å². The molecule has 0 atom stereocenters. The van der Waals surface area contributed by atoms with Crippen LogP contribution in [0.15, 0.2) is 24.3 Å². The molecule has 0 saturated carbocycles. The van der Waals surface area contributed by atoms with E-state index < -0.39 is 0 Å². The van der Waals surface area contributed by atoms with E-state index >= 15 is 0 Å². The molecule has 1 N–H and O–H groups in total. The number of para-hydroxylation sites is 1. The van der Waals surface area contributed by atoms with Crippen molar-refractivity contribution in [3.05, 3.63) is 29.8 Å². The lowest BCUT2D eigenvalue weighted by Crippen LogP contribution is -2.29. The molecule has 0 spiro atoms. The third kappa shape index (κ3) is 4.03. The molecule has 2 rings (SSSR count). The van der Waals surface area contributed by atoms with Crippen LogP contribution in [0, 0.1) is 11.8 Å². The predicted octanol–water partition coefficient (Wildman–Crippen LogP) is 2.16. The second-order valence-corrected chi connectivity index (χ2v) is 4.78. The van der Waals surface area contributed by atoms with Crippen LogP contribution >= 0.6 is 0 Å². The van der Waals surface area contributed by atoms with E-state index in [1.807, 2.05) is 12.1 Å². The Labute approximate surface area is 115 Å². The fourth-order valence-corrected chi connectivity index (χ4v) is 2.30. The van der Waals surface area contributed by atoms with E-state index in [1.54, 1.807) is 0 Å². The van der Waals surface area contributed by atoms with Gasteiger partial charge >= 0.3 is 0 Å². The molecule has 3 heteroatoms. The minimum atomic E-state index is -0.0429. The van der Waals surface area contributed by atoms with E-state index in [0.717, 1.165) is 18.7 Å². The summed E-state index contributed by atoms with van der Waals surface area (Å²) >= 11 is 0. The van der Waals surface area contributed by atoms with Gasteiger partial charge in [-0.1, -0.05) is 24.0 Å². The zero-order valence-electron chi connectivity index (χ0n) is 11.4. The fraction of sp³-hybridized carbons (Fsp3) is 0.438. The Hall–Kier alpha value is -1.95. The molecule has 1 amide bonds. The van der Waals surface area contributed by atoms with Gasteiger partial charge < -0.3 is 10.2 Å². The van der Waals surface area contributed by atoms with Gasteiger partial charge in [0.25, 0.3) is 0 Å². The lowest BCUT2D eigenvalue weighted by atomic mass is 10.1. The summed E-state index contributed by atoms with van der Waals surface area (Å²) in [5.41, 5.74) is 2.27. The molecule has 100 valence electrons. The molecule has 1 fully saturated rings. The zero-order valence-corrected chi connectivity index (χ0v) is 11.4. The first-order chi connectivity index (χ1) is 9.27. The van der Waals surface area contributed by atoms with E-state index in [9.17, 15) is 4.79 Å². The van der Waals surface area contributed by atoms with Crippen molar-refractivity contribution in [2.24, 2.45) is 0 Å². The number of hydrogen-bond acceptors (Lipinski definition) is 2. The quantitative estimate of drug-likeness (QED) is 0.822. The van der Waals surface area contributed by atoms with Crippen molar-refractivity contribution in [3.8, 4) is 11.8 Å². The standard InChI is InChI=1S/C16H20N2O/c1-14(19)17-11-7-9-15-8-3-4-10-16(15)18-12-5-2-6-13-18/h3-4,8,10H,2,5-6,11-13H2,1H3,(H,17,19). The summed E-state index contributed by atoms with van der Waals surface area (Å²) in [6.07, 6.45) is 3.84. The number of amides is 1. The van der Waals surface area contributed by atoms with Crippen molar-refractivity contribution in [1.29, 1.82) is 0 Å². The van der Waals surface area contributed by atoms with Gasteiger partial charge in [0.2, 0.25) is 5.91 Å². The molecule has 1 aliphatic heterocycles. The predicted molar refractivity (Wildman–Crippen MR) is 78.1 cm³/mol. The van der Waals surface area contributed by atoms with Crippen molar-refractivity contribution in [1.82, 2.24) is 5.32 Å². The fourth-order valence-electron chi connectivity index (χ4n) is 2.30. The summed E-state index contributed by atoms with van der Waals surface area (Å²) in [4.78, 5) is 13.2. The van der Waals surface area contributed by atoms with Gasteiger partial charge in [-0.15, -0.1) is 0 Å². The molecule has 1 aromatic carbocycles. The molecule has 3 nitrogen and oxygen atoms in total. The zero-order chi connectivity index (χ0) is 13.5. The maximum absolute atomic E-state index is 10.8. The second kappa shape index (κ2) is 6.84. The average Bonchev–Trinajstić information content (AvgIpc) is 2.45. The van der Waals surface area contributed by atoms with Crippen LogP contribution in [0.5, 0.6) is 0 Å². The topological polar surface area (TPSA) is 32.3 Å². The van der Waals surface area contributed by atoms with Gasteiger partial charge in [-0.2, -0.15) is 0 Å². The molecule has 0 radical (unpaired) electrons. The molecule has 0 unspecified atom stereocenters. The molecule has 1 aromatic rings. The van der Waals surface area contributed by atoms with E-state index in [1.165, 1.54) is 31.9 Å². The number of nitrogens with zero attached hydrogens (tertiary/aromatic N) is 1. The molecule has 0 bridgehead atoms. The smallest absolute Gasteiger partial charge is 0.217 e. The number of benzene rings is 1. The van der Waals surface area contributed by atoms with Gasteiger partial charge in [-0.05, 0) is 31.4 Å². The third-order valence-electron chi connectivity index (χ3n) is 3.25. The molecule has 1 aliphatic rings. The molecule has 19 heavy (non-hydrogen) atoms. The Balaban J connectivity index is 2.09. The Morgan fingerprint density at radius 1 is 1.26 bits per heavy atom. The maximum Gasteiger partial charge on any atom is 0.217 e. The highest BCUT2D eigenvalue weighted by Crippen LogP contribution is 2.23. The summed E-state index contributed by atoms with van der Waals surface area (Å²) < 4.78 is 0. The summed E-state index contributed by atoms with van der Waals surface area (Å²) in [5.74, 6) is 6.12. The lowest BCUT2D eigenvalue weighted by molar-refractivity contribution is -0.118. The van der Waals surface area contributed by atoms with Crippen LogP contribution in [0.25, 0.3) is 0 Å². The molecule has 0 aliphatic carbocycles. The highest BCUT2D eigenvalue weighted by atomic mass is 16.1. The SMILES string of the molecule is CC(=O)NCC#Cc1ccccc1N1CCCCC1. The van der Waals surface area contributed by atoms with Crippen molar-refractivity contribution < 1.29 is 4.79 Å². The number of anilines is 1. The van der Waals surface area contributed by atoms with Crippen molar-refractivity contribution in [3.63, 3.8) is 0 Å². The molecular weight excluding hydrogens is 236 g/mol. The van der Waals surface area contributed by atoms with Crippen LogP contribution in [0.1, 0.15) is 31.7 Å². The van der Waals surface area contributed by atoms with Crippen molar-refractivity contribution in [2.75, 3.05) is 24.5 Å². The van der Waals surface area contributed by atoms with Crippen LogP contribution in [0.4, 0.5) is 5.69 Å². The van der Waals surface area contributed by atoms with Gasteiger partial charge in [0.05, 0.1) is 12.2 Å². The van der Waals surface area contributed by atoms with Gasteiger partial charge in [0.15, 0.2) is 0 Å². The monoisotopic (exact) mass is 256 g/mol. The maximum atomic E-state index is 10.8. The lowest BCUT2D eigenvalue weighted by Gasteiger charge is -2.29. The Morgan fingerprint density at radius 3 is 2.74 bits per heavy atom. The number of nitrogens with one attached hydrogen (secondary N) is 1. The number of rotatable bonds is 2. The van der Waals surface area contributed by atoms with E-state index in [-0.39, 0.29) is 5.91 Å². The molecule has 1 heterocycles. The minimum Gasteiger partial charge on any atom is -0.371 e. The van der Waals surface area contributed by atoms with Crippen LogP contribution in [0.2, 0.25) is 0 Å². The van der Waals surface area contributed by atoms with E-state index in [4.69, 9.17) is 0 Å². The normalized spacial score (nSPS) is 14.5. The van der Waals surface area contributed by atoms with Gasteiger partial charge in [-0.3, -0.25) is 4.79 Å². The van der Waals surface area contributed by atoms with Crippen molar-refractivity contribution >= 4 is 11.6 Å². The van der Waals surface area contributed by atoms with Crippen LogP contribution in [-0.2, 0) is 4.79 Å². The van der Waals surface area contributed by atoms with E-state index in [0.29, 0.717) is 6.54 Å². The largest absolute Gasteiger partial charge is 0.371 e. The third-order valence-corrected chi connectivity index (χ3v) is 3.25. The second-order valence-electron chi connectivity index (χ2n) is 4.78. The highest BCUT2D eigenvalue weighted by Gasteiger charge is 2.12. The van der Waals surface area contributed by atoms with Crippen molar-refractivity contribution in [2.45, 2.75) is 26.2 Å². The summed E-state index contributed by atoms with van der Waals surface area (Å²) in [6, 6.07) is 8.25. The van der Waals surface area contributed by atoms with Crippen LogP contribution in [-0.4, -0.2) is 25.5 Å². The average molecular weight is 256 g/mol. The molecular formula is C16H20N2O. The summed E-state index contributed by atoms with van der Waals surface area (Å²) in [6.45, 7) is 4.14. The molecule has 1 saturated heterocycles. The Bertz CT molecular complexity index is 493. The summed E-state index contributed by atoms with van der Waals surface area (Å²) in [5, 5.41) is 2.69. The first kappa shape index (κ1) is 13.5. The Morgan fingerprint density at radius 2 is 2.00 bits per heavy atom. The number of hydrogen-bond donors (Lipinski definition) is 1. The minimum absolute atomic E-state index is 0.0429. The molecule has 0 aromatic heterocycles. The Kier molecular flexibility index (Phi) is 4.85. The van der Waals surface area contributed by atoms with E-state index in [2.05, 4.69) is 34.2 Å². The van der Waals surface area contributed by atoms with Crippen LogP contribution < -0.4 is 10.2 Å². The first-order valence-corrected chi connectivity index (χ1v) is 6.84.